The van der Waals surface area contributed by atoms with Gasteiger partial charge < -0.3 is 10.2 Å². The van der Waals surface area contributed by atoms with E-state index in [9.17, 15) is 18.0 Å². The molecule has 4 aromatic rings. The number of nitrogens with one attached hydrogen (secondary N) is 1. The maximum atomic E-state index is 14.5. The summed E-state index contributed by atoms with van der Waals surface area (Å²) in [6.45, 7) is 5.13. The van der Waals surface area contributed by atoms with Gasteiger partial charge in [-0.1, -0.05) is 96.9 Å². The first-order valence-electron chi connectivity index (χ1n) is 14.7. The van der Waals surface area contributed by atoms with Crippen molar-refractivity contribution in [1.29, 1.82) is 0 Å². The Balaban J connectivity index is 1.82. The lowest BCUT2D eigenvalue weighted by molar-refractivity contribution is -0.140. The molecule has 0 aliphatic heterocycles. The number of nitrogens with zero attached hydrogens (tertiary/aromatic N) is 2. The van der Waals surface area contributed by atoms with E-state index in [0.717, 1.165) is 15.4 Å². The van der Waals surface area contributed by atoms with Gasteiger partial charge in [0.15, 0.2) is 0 Å². The number of carbonyl (C=O) groups excluding carboxylic acids is 2. The first-order chi connectivity index (χ1) is 21.5. The molecule has 236 valence electrons. The molecule has 45 heavy (non-hydrogen) atoms. The minimum atomic E-state index is -4.21. The fourth-order valence-electron chi connectivity index (χ4n) is 4.81. The van der Waals surface area contributed by atoms with Crippen molar-refractivity contribution in [3.05, 3.63) is 130 Å². The largest absolute Gasteiger partial charge is 0.352 e. The van der Waals surface area contributed by atoms with Gasteiger partial charge in [0.1, 0.15) is 12.6 Å². The Morgan fingerprint density at radius 2 is 1.49 bits per heavy atom. The van der Waals surface area contributed by atoms with Gasteiger partial charge >= 0.3 is 0 Å². The number of hydrogen-bond donors (Lipinski definition) is 1. The molecule has 10 heteroatoms. The van der Waals surface area contributed by atoms with Gasteiger partial charge in [-0.3, -0.25) is 13.9 Å². The van der Waals surface area contributed by atoms with E-state index in [1.54, 1.807) is 48.5 Å². The third-order valence-electron chi connectivity index (χ3n) is 7.57. The monoisotopic (exact) mass is 665 g/mol. The predicted molar refractivity (Wildman–Crippen MR) is 181 cm³/mol. The van der Waals surface area contributed by atoms with Gasteiger partial charge in [0.25, 0.3) is 10.0 Å². The van der Waals surface area contributed by atoms with E-state index >= 15 is 0 Å². The van der Waals surface area contributed by atoms with Crippen LogP contribution in [0.5, 0.6) is 0 Å². The molecule has 0 aromatic heterocycles. The molecule has 0 fully saturated rings. The molecule has 0 aliphatic rings. The third-order valence-corrected chi connectivity index (χ3v) is 10.00. The molecule has 0 heterocycles. The van der Waals surface area contributed by atoms with E-state index < -0.39 is 28.5 Å². The Kier molecular flexibility index (Phi) is 11.7. The number of anilines is 1. The lowest BCUT2D eigenvalue weighted by atomic mass is 10.0. The fourth-order valence-corrected chi connectivity index (χ4v) is 6.63. The van der Waals surface area contributed by atoms with Crippen LogP contribution in [0.25, 0.3) is 0 Å². The highest BCUT2D eigenvalue weighted by atomic mass is 35.5. The highest BCUT2D eigenvalue weighted by Gasteiger charge is 2.35. The Labute approximate surface area is 275 Å². The molecule has 4 aromatic carbocycles. The normalized spacial score (nSPS) is 12.6. The molecule has 0 saturated heterocycles. The van der Waals surface area contributed by atoms with Crippen molar-refractivity contribution in [2.75, 3.05) is 10.8 Å². The molecule has 0 spiro atoms. The summed E-state index contributed by atoms with van der Waals surface area (Å²) in [6, 6.07) is 28.1. The van der Waals surface area contributed by atoms with Crippen LogP contribution >= 0.6 is 23.2 Å². The summed E-state index contributed by atoms with van der Waals surface area (Å²) < 4.78 is 29.2. The van der Waals surface area contributed by atoms with Crippen molar-refractivity contribution in [3.63, 3.8) is 0 Å². The lowest BCUT2D eigenvalue weighted by Crippen LogP contribution is -2.54. The zero-order valence-corrected chi connectivity index (χ0v) is 27.8. The van der Waals surface area contributed by atoms with Crippen molar-refractivity contribution in [2.45, 2.75) is 57.1 Å². The molecule has 7 nitrogen and oxygen atoms in total. The summed E-state index contributed by atoms with van der Waals surface area (Å²) in [5.41, 5.74) is 2.54. The van der Waals surface area contributed by atoms with Crippen LogP contribution in [0.15, 0.2) is 108 Å². The second-order valence-electron chi connectivity index (χ2n) is 10.9. The molecule has 4 rings (SSSR count). The molecule has 2 amide bonds. The predicted octanol–water partition coefficient (Wildman–Crippen LogP) is 7.05. The van der Waals surface area contributed by atoms with Crippen LogP contribution in [0.1, 0.15) is 37.0 Å². The van der Waals surface area contributed by atoms with Crippen LogP contribution in [-0.2, 0) is 32.6 Å². The van der Waals surface area contributed by atoms with E-state index in [4.69, 9.17) is 23.2 Å². The zero-order chi connectivity index (χ0) is 32.6. The van der Waals surface area contributed by atoms with Crippen LogP contribution in [-0.4, -0.2) is 43.8 Å². The van der Waals surface area contributed by atoms with Crippen molar-refractivity contribution in [3.8, 4) is 0 Å². The molecular formula is C35H37Cl2N3O4S. The fraction of sp³-hybridized carbons (Fsp3) is 0.257. The van der Waals surface area contributed by atoms with Gasteiger partial charge in [0, 0.05) is 29.1 Å². The summed E-state index contributed by atoms with van der Waals surface area (Å²) in [7, 11) is -4.21. The lowest BCUT2D eigenvalue weighted by Gasteiger charge is -2.34. The Morgan fingerprint density at radius 3 is 2.11 bits per heavy atom. The minimum Gasteiger partial charge on any atom is -0.352 e. The molecule has 2 atom stereocenters. The smallest absolute Gasteiger partial charge is 0.264 e. The van der Waals surface area contributed by atoms with Crippen LogP contribution in [0.4, 0.5) is 5.69 Å². The number of amides is 2. The van der Waals surface area contributed by atoms with E-state index in [-0.39, 0.29) is 35.5 Å². The average Bonchev–Trinajstić information content (AvgIpc) is 3.03. The molecule has 0 saturated carbocycles. The number of carbonyl (C=O) groups is 2. The number of sulfonamides is 1. The molecule has 0 bridgehead atoms. The second-order valence-corrected chi connectivity index (χ2v) is 13.6. The molecule has 0 radical (unpaired) electrons. The number of halogens is 2. The minimum absolute atomic E-state index is 0.0197. The number of hydrogen-bond acceptors (Lipinski definition) is 4. The number of rotatable bonds is 13. The number of aryl methyl sites for hydroxylation is 1. The van der Waals surface area contributed by atoms with Gasteiger partial charge in [0.05, 0.1) is 10.6 Å². The quantitative estimate of drug-likeness (QED) is 0.166. The van der Waals surface area contributed by atoms with Crippen molar-refractivity contribution < 1.29 is 18.0 Å². The van der Waals surface area contributed by atoms with Gasteiger partial charge in [-0.15, -0.1) is 0 Å². The first kappa shape index (κ1) is 34.0. The van der Waals surface area contributed by atoms with Crippen LogP contribution in [0.2, 0.25) is 10.0 Å². The highest BCUT2D eigenvalue weighted by Crippen LogP contribution is 2.29. The Hall–Kier alpha value is -3.85. The van der Waals surface area contributed by atoms with Gasteiger partial charge in [-0.05, 0) is 73.4 Å². The number of benzene rings is 4. The molecule has 0 aliphatic carbocycles. The third kappa shape index (κ3) is 8.87. The van der Waals surface area contributed by atoms with E-state index in [1.165, 1.54) is 23.1 Å². The maximum Gasteiger partial charge on any atom is 0.264 e. The van der Waals surface area contributed by atoms with E-state index in [1.807, 2.05) is 57.2 Å². The average molecular weight is 667 g/mol. The highest BCUT2D eigenvalue weighted by molar-refractivity contribution is 7.92. The van der Waals surface area contributed by atoms with Crippen molar-refractivity contribution in [1.82, 2.24) is 10.2 Å². The van der Waals surface area contributed by atoms with Crippen LogP contribution in [0.3, 0.4) is 0 Å². The van der Waals surface area contributed by atoms with Gasteiger partial charge in [0.2, 0.25) is 11.8 Å². The summed E-state index contributed by atoms with van der Waals surface area (Å²) in [5, 5.41) is 3.87. The summed E-state index contributed by atoms with van der Waals surface area (Å²) in [6.07, 6.45) is 0.917. The van der Waals surface area contributed by atoms with Gasteiger partial charge in [-0.2, -0.15) is 0 Å². The van der Waals surface area contributed by atoms with Crippen LogP contribution < -0.4 is 9.62 Å². The van der Waals surface area contributed by atoms with Crippen molar-refractivity contribution in [2.24, 2.45) is 0 Å². The van der Waals surface area contributed by atoms with Crippen molar-refractivity contribution >= 4 is 50.7 Å². The summed E-state index contributed by atoms with van der Waals surface area (Å²) in [5.74, 6) is -0.897. The topological polar surface area (TPSA) is 86.8 Å². The van der Waals surface area contributed by atoms with Crippen LogP contribution in [0, 0.1) is 6.92 Å². The van der Waals surface area contributed by atoms with Gasteiger partial charge in [-0.25, -0.2) is 8.42 Å². The zero-order valence-electron chi connectivity index (χ0n) is 25.5. The first-order valence-corrected chi connectivity index (χ1v) is 16.9. The van der Waals surface area contributed by atoms with E-state index in [2.05, 4.69) is 5.32 Å². The Bertz CT molecular complexity index is 1720. The summed E-state index contributed by atoms with van der Waals surface area (Å²) in [4.78, 5) is 29.9. The molecule has 1 N–H and O–H groups in total. The Morgan fingerprint density at radius 1 is 0.844 bits per heavy atom. The molecule has 0 unspecified atom stereocenters. The second kappa shape index (κ2) is 15.4. The van der Waals surface area contributed by atoms with E-state index in [0.29, 0.717) is 22.0 Å². The summed E-state index contributed by atoms with van der Waals surface area (Å²) >= 11 is 12.7. The maximum absolute atomic E-state index is 14.5. The SMILES string of the molecule is CC[C@@H](C)NC(=O)[C@H](Cc1ccccc1)N(Cc1cccc(Cl)c1)C(=O)CN(c1ccc(C)c(Cl)c1)S(=O)(=O)c1ccccc1. The standard InChI is InChI=1S/C35H37Cl2N3O4S/c1-4-26(3)38-35(42)33(21-27-12-7-5-8-13-27)39(23-28-14-11-15-29(36)20-28)34(41)24-40(30-19-18-25(2)32(37)22-30)45(43,44)31-16-9-6-10-17-31/h5-20,22,26,33H,4,21,23-24H2,1-3H3,(H,38,42)/t26-,33+/m1/s1. The molecular weight excluding hydrogens is 629 g/mol.